The number of para-hydroxylation sites is 1. The Labute approximate surface area is 132 Å². The topological polar surface area (TPSA) is 57.7 Å². The van der Waals surface area contributed by atoms with Gasteiger partial charge < -0.3 is 4.90 Å². The van der Waals surface area contributed by atoms with Crippen LogP contribution in [0.25, 0.3) is 0 Å². The molecule has 2 aliphatic rings. The maximum Gasteiger partial charge on any atom is 0.232 e. The van der Waals surface area contributed by atoms with Crippen molar-refractivity contribution < 1.29 is 13.2 Å². The van der Waals surface area contributed by atoms with Gasteiger partial charge in [-0.3, -0.25) is 4.79 Å². The van der Waals surface area contributed by atoms with Crippen LogP contribution in [-0.2, 0) is 14.8 Å². The Morgan fingerprint density at radius 3 is 2.45 bits per heavy atom. The van der Waals surface area contributed by atoms with Crippen LogP contribution in [0, 0.1) is 12.8 Å². The van der Waals surface area contributed by atoms with Crippen LogP contribution in [-0.4, -0.2) is 43.5 Å². The van der Waals surface area contributed by atoms with Crippen molar-refractivity contribution in [2.75, 3.05) is 24.5 Å². The Morgan fingerprint density at radius 1 is 1.27 bits per heavy atom. The monoisotopic (exact) mass is 322 g/mol. The number of sulfonamides is 1. The zero-order valence-electron chi connectivity index (χ0n) is 13.0. The van der Waals surface area contributed by atoms with Gasteiger partial charge in [0.1, 0.15) is 0 Å². The first-order valence-electron chi connectivity index (χ1n) is 7.81. The van der Waals surface area contributed by atoms with E-state index in [-0.39, 0.29) is 17.1 Å². The third kappa shape index (κ3) is 2.65. The molecule has 0 N–H and O–H groups in total. The number of anilines is 1. The van der Waals surface area contributed by atoms with Gasteiger partial charge in [-0.25, -0.2) is 8.42 Å². The summed E-state index contributed by atoms with van der Waals surface area (Å²) in [6.07, 6.45) is 1.53. The third-order valence-electron chi connectivity index (χ3n) is 4.49. The Bertz CT molecular complexity index is 676. The molecule has 0 bridgehead atoms. The second-order valence-corrected chi connectivity index (χ2v) is 8.34. The zero-order valence-corrected chi connectivity index (χ0v) is 13.8. The van der Waals surface area contributed by atoms with Crippen molar-refractivity contribution >= 4 is 21.6 Å². The number of hydrogen-bond donors (Lipinski definition) is 0. The predicted molar refractivity (Wildman–Crippen MR) is 86.2 cm³/mol. The van der Waals surface area contributed by atoms with E-state index in [2.05, 4.69) is 0 Å². The highest BCUT2D eigenvalue weighted by atomic mass is 32.2. The Balaban J connectivity index is 1.68. The molecule has 0 spiro atoms. The second-order valence-electron chi connectivity index (χ2n) is 6.13. The van der Waals surface area contributed by atoms with Crippen molar-refractivity contribution in [3.05, 3.63) is 29.8 Å². The lowest BCUT2D eigenvalue weighted by molar-refractivity contribution is -0.125. The molecule has 120 valence electrons. The minimum absolute atomic E-state index is 0.0269. The maximum atomic E-state index is 12.7. The molecule has 22 heavy (non-hydrogen) atoms. The van der Waals surface area contributed by atoms with Crippen molar-refractivity contribution in [1.29, 1.82) is 0 Å². The lowest BCUT2D eigenvalue weighted by Gasteiger charge is -2.39. The normalized spacial score (nSPS) is 19.7. The van der Waals surface area contributed by atoms with Gasteiger partial charge >= 0.3 is 0 Å². The molecule has 1 aromatic carbocycles. The van der Waals surface area contributed by atoms with Gasteiger partial charge in [0, 0.05) is 25.3 Å². The fourth-order valence-corrected chi connectivity index (χ4v) is 4.84. The molecule has 0 aromatic heterocycles. The quantitative estimate of drug-likeness (QED) is 0.830. The molecule has 1 aromatic rings. The minimum Gasteiger partial charge on any atom is -0.312 e. The summed E-state index contributed by atoms with van der Waals surface area (Å²) in [6.45, 7) is 5.19. The summed E-state index contributed by atoms with van der Waals surface area (Å²) in [5.41, 5.74) is 1.97. The van der Waals surface area contributed by atoms with Crippen LogP contribution in [0.5, 0.6) is 0 Å². The summed E-state index contributed by atoms with van der Waals surface area (Å²) in [5, 5.41) is -0.192. The van der Waals surface area contributed by atoms with Crippen LogP contribution in [0.4, 0.5) is 5.69 Å². The molecule has 1 amide bonds. The molecule has 5 nitrogen and oxygen atoms in total. The number of hydrogen-bond acceptors (Lipinski definition) is 3. The summed E-state index contributed by atoms with van der Waals surface area (Å²) in [7, 11) is -3.14. The molecule has 0 atom stereocenters. The molecule has 1 aliphatic carbocycles. The Morgan fingerprint density at radius 2 is 1.91 bits per heavy atom. The van der Waals surface area contributed by atoms with Gasteiger partial charge in [-0.2, -0.15) is 4.31 Å². The van der Waals surface area contributed by atoms with Gasteiger partial charge in [-0.1, -0.05) is 18.2 Å². The number of nitrogens with zero attached hydrogens (tertiary/aromatic N) is 2. The van der Waals surface area contributed by atoms with E-state index in [1.807, 2.05) is 38.1 Å². The molecule has 0 unspecified atom stereocenters. The fraction of sp³-hybridized carbons (Fsp3) is 0.562. The third-order valence-corrected chi connectivity index (χ3v) is 6.82. The molecular formula is C16H22N2O3S. The van der Waals surface area contributed by atoms with Crippen molar-refractivity contribution in [3.8, 4) is 0 Å². The summed E-state index contributed by atoms with van der Waals surface area (Å²) < 4.78 is 25.7. The van der Waals surface area contributed by atoms with Crippen LogP contribution < -0.4 is 4.90 Å². The van der Waals surface area contributed by atoms with Crippen LogP contribution in [0.1, 0.15) is 25.3 Å². The molecule has 1 saturated carbocycles. The number of rotatable bonds is 5. The van der Waals surface area contributed by atoms with Gasteiger partial charge in [0.2, 0.25) is 15.9 Å². The number of benzene rings is 1. The standard InChI is InChI=1S/C16H22N2O3S/c1-3-18(15-7-5-4-6-12(15)2)16(19)13-10-17(11-13)22(20,21)14-8-9-14/h4-7,13-14H,3,8-11H2,1-2H3. The summed E-state index contributed by atoms with van der Waals surface area (Å²) in [4.78, 5) is 14.4. The van der Waals surface area contributed by atoms with E-state index in [0.717, 1.165) is 24.1 Å². The molecule has 1 heterocycles. The van der Waals surface area contributed by atoms with Crippen molar-refractivity contribution in [1.82, 2.24) is 4.31 Å². The molecule has 3 rings (SSSR count). The second kappa shape index (κ2) is 5.66. The van der Waals surface area contributed by atoms with Gasteiger partial charge in [-0.05, 0) is 38.3 Å². The molecular weight excluding hydrogens is 300 g/mol. The van der Waals surface area contributed by atoms with Crippen molar-refractivity contribution in [3.63, 3.8) is 0 Å². The number of carbonyl (C=O) groups excluding carboxylic acids is 1. The number of aryl methyl sites for hydroxylation is 1. The number of carbonyl (C=O) groups is 1. The summed E-state index contributed by atoms with van der Waals surface area (Å²) >= 11 is 0. The van der Waals surface area contributed by atoms with Gasteiger partial charge in [0.05, 0.1) is 11.2 Å². The molecule has 2 fully saturated rings. The van der Waals surface area contributed by atoms with Gasteiger partial charge in [-0.15, -0.1) is 0 Å². The van der Waals surface area contributed by atoms with E-state index in [1.165, 1.54) is 4.31 Å². The average molecular weight is 322 g/mol. The first-order valence-corrected chi connectivity index (χ1v) is 9.31. The van der Waals surface area contributed by atoms with E-state index in [0.29, 0.717) is 19.6 Å². The fourth-order valence-electron chi connectivity index (χ4n) is 2.91. The first kappa shape index (κ1) is 15.5. The molecule has 1 aliphatic heterocycles. The van der Waals surface area contributed by atoms with Crippen LogP contribution >= 0.6 is 0 Å². The average Bonchev–Trinajstić information content (AvgIpc) is 3.24. The summed E-state index contributed by atoms with van der Waals surface area (Å²) in [6, 6.07) is 7.79. The van der Waals surface area contributed by atoms with E-state index in [1.54, 1.807) is 4.90 Å². The molecule has 1 saturated heterocycles. The van der Waals surface area contributed by atoms with Crippen LogP contribution in [0.3, 0.4) is 0 Å². The highest BCUT2D eigenvalue weighted by Crippen LogP contribution is 2.35. The first-order chi connectivity index (χ1) is 10.4. The smallest absolute Gasteiger partial charge is 0.232 e. The highest BCUT2D eigenvalue weighted by molar-refractivity contribution is 7.90. The van der Waals surface area contributed by atoms with Gasteiger partial charge in [0.25, 0.3) is 0 Å². The van der Waals surface area contributed by atoms with Crippen LogP contribution in [0.15, 0.2) is 24.3 Å². The highest BCUT2D eigenvalue weighted by Gasteiger charge is 2.47. The minimum atomic E-state index is -3.14. The molecule has 0 radical (unpaired) electrons. The largest absolute Gasteiger partial charge is 0.312 e. The summed E-state index contributed by atoms with van der Waals surface area (Å²) in [5.74, 6) is -0.188. The number of amides is 1. The van der Waals surface area contributed by atoms with E-state index in [4.69, 9.17) is 0 Å². The van der Waals surface area contributed by atoms with Crippen molar-refractivity contribution in [2.45, 2.75) is 31.9 Å². The SMILES string of the molecule is CCN(C(=O)C1CN(S(=O)(=O)C2CC2)C1)c1ccccc1C. The Kier molecular flexibility index (Phi) is 3.99. The van der Waals surface area contributed by atoms with Crippen LogP contribution in [0.2, 0.25) is 0 Å². The zero-order chi connectivity index (χ0) is 15.9. The van der Waals surface area contributed by atoms with E-state index < -0.39 is 10.0 Å². The van der Waals surface area contributed by atoms with Gasteiger partial charge in [0.15, 0.2) is 0 Å². The Hall–Kier alpha value is -1.40. The maximum absolute atomic E-state index is 12.7. The van der Waals surface area contributed by atoms with Crippen molar-refractivity contribution in [2.24, 2.45) is 5.92 Å². The lowest BCUT2D eigenvalue weighted by Crippen LogP contribution is -2.57. The van der Waals surface area contributed by atoms with E-state index >= 15 is 0 Å². The molecule has 6 heteroatoms. The lowest BCUT2D eigenvalue weighted by atomic mass is 10.0. The predicted octanol–water partition coefficient (Wildman–Crippen LogP) is 1.77. The van der Waals surface area contributed by atoms with E-state index in [9.17, 15) is 13.2 Å².